The third-order valence-electron chi connectivity index (χ3n) is 4.60. The van der Waals surface area contributed by atoms with Crippen molar-refractivity contribution in [2.45, 2.75) is 6.54 Å². The molecule has 2 heterocycles. The quantitative estimate of drug-likeness (QED) is 0.452. The van der Waals surface area contributed by atoms with Crippen LogP contribution in [-0.4, -0.2) is 29.6 Å². The van der Waals surface area contributed by atoms with E-state index in [4.69, 9.17) is 9.47 Å². The molecule has 2 aromatic heterocycles. The molecule has 0 spiro atoms. The molecule has 0 amide bonds. The fourth-order valence-electron chi connectivity index (χ4n) is 3.07. The number of aromatic nitrogens is 2. The predicted octanol–water partition coefficient (Wildman–Crippen LogP) is 4.03. The normalized spacial score (nSPS) is 10.8. The second kappa shape index (κ2) is 7.89. The van der Waals surface area contributed by atoms with Gasteiger partial charge in [-0.2, -0.15) is 0 Å². The Bertz CT molecular complexity index is 1240. The van der Waals surface area contributed by atoms with Crippen molar-refractivity contribution in [3.63, 3.8) is 0 Å². The van der Waals surface area contributed by atoms with Crippen LogP contribution in [-0.2, 0) is 6.54 Å². The molecule has 0 aliphatic carbocycles. The largest absolute Gasteiger partial charge is 0.493 e. The maximum Gasteiger partial charge on any atom is 0.262 e. The molecule has 4 rings (SSSR count). The Kier molecular flexibility index (Phi) is 5.14. The summed E-state index contributed by atoms with van der Waals surface area (Å²) in [5.74, 6) is 0.786. The summed E-state index contributed by atoms with van der Waals surface area (Å²) in [7, 11) is 3.04. The van der Waals surface area contributed by atoms with E-state index in [1.54, 1.807) is 18.2 Å². The van der Waals surface area contributed by atoms with Crippen LogP contribution >= 0.6 is 11.3 Å². The number of benzene rings is 2. The van der Waals surface area contributed by atoms with E-state index in [1.165, 1.54) is 36.5 Å². The Morgan fingerprint density at radius 2 is 1.79 bits per heavy atom. The zero-order valence-corrected chi connectivity index (χ0v) is 16.7. The summed E-state index contributed by atoms with van der Waals surface area (Å²) < 4.78 is 11.8. The molecule has 0 unspecified atom stereocenters. The van der Waals surface area contributed by atoms with E-state index in [0.717, 1.165) is 10.4 Å². The minimum Gasteiger partial charge on any atom is -0.493 e. The lowest BCUT2D eigenvalue weighted by molar-refractivity contribution is 0.0970. The number of ketones is 1. The van der Waals surface area contributed by atoms with E-state index in [0.29, 0.717) is 27.3 Å². The number of methoxy groups -OCH3 is 2. The van der Waals surface area contributed by atoms with Crippen LogP contribution in [0, 0.1) is 0 Å². The number of hydrogen-bond donors (Lipinski definition) is 0. The average Bonchev–Trinajstić information content (AvgIpc) is 3.21. The van der Waals surface area contributed by atoms with E-state index in [2.05, 4.69) is 4.98 Å². The second-order valence-corrected chi connectivity index (χ2v) is 7.40. The van der Waals surface area contributed by atoms with Crippen LogP contribution in [0.15, 0.2) is 65.7 Å². The van der Waals surface area contributed by atoms with E-state index in [9.17, 15) is 9.59 Å². The molecule has 7 heteroatoms. The molecular formula is C22H18N2O4S. The predicted molar refractivity (Wildman–Crippen MR) is 113 cm³/mol. The van der Waals surface area contributed by atoms with Crippen LogP contribution in [0.3, 0.4) is 0 Å². The van der Waals surface area contributed by atoms with E-state index in [-0.39, 0.29) is 17.9 Å². The van der Waals surface area contributed by atoms with Gasteiger partial charge in [0, 0.05) is 10.4 Å². The number of fused-ring (bicyclic) bond motifs is 1. The van der Waals surface area contributed by atoms with Gasteiger partial charge in [0.1, 0.15) is 4.83 Å². The lowest BCUT2D eigenvalue weighted by Gasteiger charge is -2.09. The average molecular weight is 406 g/mol. The summed E-state index contributed by atoms with van der Waals surface area (Å²) in [5.41, 5.74) is 1.23. The SMILES string of the molecule is COc1ccc(C(=O)Cn2cnc3sc(-c4ccccc4)cc3c2=O)cc1OC. The van der Waals surface area contributed by atoms with Gasteiger partial charge in [-0.1, -0.05) is 30.3 Å². The Morgan fingerprint density at radius 3 is 2.52 bits per heavy atom. The van der Waals surface area contributed by atoms with Crippen molar-refractivity contribution in [2.75, 3.05) is 14.2 Å². The first-order valence-corrected chi connectivity index (χ1v) is 9.72. The summed E-state index contributed by atoms with van der Waals surface area (Å²) in [6, 6.07) is 16.6. The summed E-state index contributed by atoms with van der Waals surface area (Å²) in [4.78, 5) is 31.6. The van der Waals surface area contributed by atoms with E-state index in [1.807, 2.05) is 36.4 Å². The van der Waals surface area contributed by atoms with E-state index >= 15 is 0 Å². The summed E-state index contributed by atoms with van der Waals surface area (Å²) in [6.45, 7) is -0.103. The first kappa shape index (κ1) is 18.9. The fraction of sp³-hybridized carbons (Fsp3) is 0.136. The lowest BCUT2D eigenvalue weighted by atomic mass is 10.1. The number of thiophene rings is 1. The minimum atomic E-state index is -0.234. The molecule has 0 N–H and O–H groups in total. The molecule has 0 aliphatic heterocycles. The molecule has 0 fully saturated rings. The molecular weight excluding hydrogens is 388 g/mol. The number of Topliss-reactive ketones (excluding diaryl/α,β-unsaturated/α-hetero) is 1. The molecule has 0 saturated heterocycles. The Hall–Kier alpha value is -3.45. The van der Waals surface area contributed by atoms with Crippen LogP contribution in [0.25, 0.3) is 20.7 Å². The van der Waals surface area contributed by atoms with E-state index < -0.39 is 0 Å². The topological polar surface area (TPSA) is 70.4 Å². The van der Waals surface area contributed by atoms with Crippen LogP contribution < -0.4 is 15.0 Å². The second-order valence-electron chi connectivity index (χ2n) is 6.37. The van der Waals surface area contributed by atoms with Crippen molar-refractivity contribution in [1.29, 1.82) is 0 Å². The van der Waals surface area contributed by atoms with Gasteiger partial charge in [-0.25, -0.2) is 4.98 Å². The Balaban J connectivity index is 1.65. The summed E-state index contributed by atoms with van der Waals surface area (Å²) >= 11 is 1.46. The third-order valence-corrected chi connectivity index (χ3v) is 5.69. The summed E-state index contributed by atoms with van der Waals surface area (Å²) in [6.07, 6.45) is 1.43. The van der Waals surface area contributed by atoms with Crippen molar-refractivity contribution in [3.05, 3.63) is 76.8 Å². The molecule has 4 aromatic rings. The Morgan fingerprint density at radius 1 is 1.03 bits per heavy atom. The zero-order chi connectivity index (χ0) is 20.4. The number of ether oxygens (including phenoxy) is 2. The summed E-state index contributed by atoms with van der Waals surface area (Å²) in [5, 5.41) is 0.511. The van der Waals surface area contributed by atoms with Crippen molar-refractivity contribution in [2.24, 2.45) is 0 Å². The first-order chi connectivity index (χ1) is 14.1. The minimum absolute atomic E-state index is 0.103. The van der Waals surface area contributed by atoms with Gasteiger partial charge in [0.25, 0.3) is 5.56 Å². The number of carbonyl (C=O) groups excluding carboxylic acids is 1. The van der Waals surface area contributed by atoms with Crippen molar-refractivity contribution in [1.82, 2.24) is 9.55 Å². The van der Waals surface area contributed by atoms with Crippen LogP contribution in [0.1, 0.15) is 10.4 Å². The zero-order valence-electron chi connectivity index (χ0n) is 15.9. The number of hydrogen-bond acceptors (Lipinski definition) is 6. The van der Waals surface area contributed by atoms with Gasteiger partial charge < -0.3 is 9.47 Å². The van der Waals surface area contributed by atoms with Gasteiger partial charge in [0.2, 0.25) is 0 Å². The molecule has 0 atom stereocenters. The molecule has 2 aromatic carbocycles. The fourth-order valence-corrected chi connectivity index (χ4v) is 4.07. The standard InChI is InChI=1S/C22H18N2O4S/c1-27-18-9-8-15(10-19(18)28-2)17(25)12-24-13-23-21-16(22(24)26)11-20(29-21)14-6-4-3-5-7-14/h3-11,13H,12H2,1-2H3. The van der Waals surface area contributed by atoms with Gasteiger partial charge in [-0.3, -0.25) is 14.2 Å². The third kappa shape index (κ3) is 3.64. The lowest BCUT2D eigenvalue weighted by Crippen LogP contribution is -2.24. The molecule has 0 saturated carbocycles. The Labute approximate surface area is 171 Å². The molecule has 6 nitrogen and oxygen atoms in total. The van der Waals surface area contributed by atoms with Crippen molar-refractivity contribution >= 4 is 27.3 Å². The molecule has 29 heavy (non-hydrogen) atoms. The number of carbonyl (C=O) groups is 1. The molecule has 0 radical (unpaired) electrons. The highest BCUT2D eigenvalue weighted by Gasteiger charge is 2.15. The number of nitrogens with zero attached hydrogens (tertiary/aromatic N) is 2. The molecule has 0 bridgehead atoms. The number of rotatable bonds is 6. The molecule has 146 valence electrons. The van der Waals surface area contributed by atoms with Crippen molar-refractivity contribution < 1.29 is 14.3 Å². The first-order valence-electron chi connectivity index (χ1n) is 8.90. The molecule has 0 aliphatic rings. The van der Waals surface area contributed by atoms with Gasteiger partial charge >= 0.3 is 0 Å². The van der Waals surface area contributed by atoms with Gasteiger partial charge in [0.15, 0.2) is 17.3 Å². The van der Waals surface area contributed by atoms with Crippen LogP contribution in [0.2, 0.25) is 0 Å². The highest BCUT2D eigenvalue weighted by Crippen LogP contribution is 2.31. The van der Waals surface area contributed by atoms with Gasteiger partial charge in [-0.15, -0.1) is 11.3 Å². The monoisotopic (exact) mass is 406 g/mol. The van der Waals surface area contributed by atoms with Gasteiger partial charge in [0.05, 0.1) is 32.5 Å². The highest BCUT2D eigenvalue weighted by atomic mass is 32.1. The van der Waals surface area contributed by atoms with Crippen LogP contribution in [0.4, 0.5) is 0 Å². The maximum absolute atomic E-state index is 12.9. The smallest absolute Gasteiger partial charge is 0.262 e. The highest BCUT2D eigenvalue weighted by molar-refractivity contribution is 7.21. The van der Waals surface area contributed by atoms with Gasteiger partial charge in [-0.05, 0) is 29.8 Å². The maximum atomic E-state index is 12.9. The van der Waals surface area contributed by atoms with Crippen LogP contribution in [0.5, 0.6) is 11.5 Å². The van der Waals surface area contributed by atoms with Crippen molar-refractivity contribution in [3.8, 4) is 21.9 Å².